The van der Waals surface area contributed by atoms with E-state index in [-0.39, 0.29) is 5.91 Å². The van der Waals surface area contributed by atoms with Crippen LogP contribution in [0.2, 0.25) is 0 Å². The molecular weight excluding hydrogens is 326 g/mol. The molecule has 1 amide bonds. The van der Waals surface area contributed by atoms with Crippen LogP contribution in [-0.4, -0.2) is 27.3 Å². The molecule has 0 fully saturated rings. The monoisotopic (exact) mass is 343 g/mol. The lowest BCUT2D eigenvalue weighted by Crippen LogP contribution is -2.35. The largest absolute Gasteiger partial charge is 0.333 e. The summed E-state index contributed by atoms with van der Waals surface area (Å²) in [5.41, 5.74) is 3.27. The first kappa shape index (κ1) is 14.8. The van der Waals surface area contributed by atoms with E-state index in [0.29, 0.717) is 0 Å². The Morgan fingerprint density at radius 3 is 2.91 bits per heavy atom. The van der Waals surface area contributed by atoms with Crippen LogP contribution in [0.25, 0.3) is 10.2 Å². The summed E-state index contributed by atoms with van der Waals surface area (Å²) in [4.78, 5) is 27.1. The maximum absolute atomic E-state index is 13.0. The predicted molar refractivity (Wildman–Crippen MR) is 94.4 cm³/mol. The van der Waals surface area contributed by atoms with Gasteiger partial charge < -0.3 is 4.90 Å². The molecule has 1 aliphatic heterocycles. The van der Waals surface area contributed by atoms with Gasteiger partial charge in [0.25, 0.3) is 5.91 Å². The zero-order chi connectivity index (χ0) is 16.1. The lowest BCUT2D eigenvalue weighted by Gasteiger charge is -2.26. The lowest BCUT2D eigenvalue weighted by molar-refractivity contribution is 0.0740. The highest BCUT2D eigenvalue weighted by Gasteiger charge is 2.26. The molecule has 0 aliphatic carbocycles. The van der Waals surface area contributed by atoms with Crippen molar-refractivity contribution in [3.63, 3.8) is 0 Å². The second kappa shape index (κ2) is 5.39. The molecular formula is C17H17N3OS2. The van der Waals surface area contributed by atoms with Gasteiger partial charge in [-0.1, -0.05) is 0 Å². The Labute approximate surface area is 142 Å². The van der Waals surface area contributed by atoms with Crippen molar-refractivity contribution in [3.8, 4) is 0 Å². The molecule has 0 N–H and O–H groups in total. The number of fused-ring (bicyclic) bond motifs is 2. The van der Waals surface area contributed by atoms with E-state index in [1.807, 2.05) is 25.7 Å². The first-order valence-electron chi connectivity index (χ1n) is 7.63. The van der Waals surface area contributed by atoms with Crippen molar-refractivity contribution in [1.29, 1.82) is 0 Å². The highest BCUT2D eigenvalue weighted by Crippen LogP contribution is 2.33. The molecule has 23 heavy (non-hydrogen) atoms. The van der Waals surface area contributed by atoms with Crippen LogP contribution in [-0.2, 0) is 13.0 Å². The van der Waals surface area contributed by atoms with Gasteiger partial charge in [0.1, 0.15) is 10.7 Å². The predicted octanol–water partition coefficient (Wildman–Crippen LogP) is 3.88. The van der Waals surface area contributed by atoms with E-state index in [1.54, 1.807) is 11.3 Å². The van der Waals surface area contributed by atoms with Gasteiger partial charge in [-0.2, -0.15) is 0 Å². The average Bonchev–Trinajstić information content (AvgIpc) is 3.10. The van der Waals surface area contributed by atoms with E-state index >= 15 is 0 Å². The quantitative estimate of drug-likeness (QED) is 0.674. The molecule has 1 aliphatic rings. The highest BCUT2D eigenvalue weighted by molar-refractivity contribution is 7.20. The lowest BCUT2D eigenvalue weighted by atomic mass is 10.1. The van der Waals surface area contributed by atoms with Crippen LogP contribution in [0.1, 0.15) is 37.2 Å². The highest BCUT2D eigenvalue weighted by atomic mass is 32.1. The molecule has 6 heteroatoms. The van der Waals surface area contributed by atoms with Crippen molar-refractivity contribution in [2.75, 3.05) is 6.54 Å². The number of aryl methyl sites for hydroxylation is 3. The molecule has 0 aromatic carbocycles. The summed E-state index contributed by atoms with van der Waals surface area (Å²) < 4.78 is 0. The average molecular weight is 343 g/mol. The van der Waals surface area contributed by atoms with E-state index in [9.17, 15) is 4.79 Å². The Hall–Kier alpha value is -1.79. The minimum Gasteiger partial charge on any atom is -0.333 e. The summed E-state index contributed by atoms with van der Waals surface area (Å²) >= 11 is 3.29. The standard InChI is InChI=1S/C17H17N3OS2/c1-9-14-10(2)18-11(3)19-16(14)23-15(9)17(21)20-6-4-13-12(8-20)5-7-22-13/h5,7H,4,6,8H2,1-3H3. The van der Waals surface area contributed by atoms with Gasteiger partial charge in [-0.3, -0.25) is 4.79 Å². The maximum atomic E-state index is 13.0. The number of thiophene rings is 2. The normalized spacial score (nSPS) is 14.3. The number of carbonyl (C=O) groups excluding carboxylic acids is 1. The Morgan fingerprint density at radius 1 is 1.26 bits per heavy atom. The molecule has 4 heterocycles. The molecule has 4 rings (SSSR count). The Bertz CT molecular complexity index is 925. The van der Waals surface area contributed by atoms with Crippen molar-refractivity contribution >= 4 is 38.8 Å². The van der Waals surface area contributed by atoms with Crippen LogP contribution in [0.15, 0.2) is 11.4 Å². The van der Waals surface area contributed by atoms with Crippen molar-refractivity contribution < 1.29 is 4.79 Å². The zero-order valence-corrected chi connectivity index (χ0v) is 15.0. The Morgan fingerprint density at radius 2 is 2.09 bits per heavy atom. The minimum atomic E-state index is 0.124. The minimum absolute atomic E-state index is 0.124. The smallest absolute Gasteiger partial charge is 0.264 e. The summed E-state index contributed by atoms with van der Waals surface area (Å²) in [6.45, 7) is 7.41. The number of aromatic nitrogens is 2. The molecule has 0 saturated carbocycles. The molecule has 0 atom stereocenters. The van der Waals surface area contributed by atoms with Crippen LogP contribution >= 0.6 is 22.7 Å². The van der Waals surface area contributed by atoms with Crippen LogP contribution in [0.3, 0.4) is 0 Å². The van der Waals surface area contributed by atoms with Crippen LogP contribution in [0.4, 0.5) is 0 Å². The van der Waals surface area contributed by atoms with Gasteiger partial charge in [-0.15, -0.1) is 22.7 Å². The summed E-state index contributed by atoms with van der Waals surface area (Å²) in [5, 5.41) is 3.16. The Balaban J connectivity index is 1.73. The molecule has 3 aromatic rings. The number of rotatable bonds is 1. The molecule has 0 radical (unpaired) electrons. The van der Waals surface area contributed by atoms with Gasteiger partial charge >= 0.3 is 0 Å². The van der Waals surface area contributed by atoms with Crippen LogP contribution in [0.5, 0.6) is 0 Å². The third-order valence-corrected chi connectivity index (χ3v) is 6.57. The summed E-state index contributed by atoms with van der Waals surface area (Å²) in [6.07, 6.45) is 0.959. The Kier molecular flexibility index (Phi) is 3.46. The van der Waals surface area contributed by atoms with Crippen molar-refractivity contribution in [2.24, 2.45) is 0 Å². The zero-order valence-electron chi connectivity index (χ0n) is 13.3. The van der Waals surface area contributed by atoms with Gasteiger partial charge in [-0.25, -0.2) is 9.97 Å². The fourth-order valence-electron chi connectivity index (χ4n) is 3.24. The summed E-state index contributed by atoms with van der Waals surface area (Å²) in [5.74, 6) is 0.885. The van der Waals surface area contributed by atoms with E-state index < -0.39 is 0 Å². The fourth-order valence-corrected chi connectivity index (χ4v) is 5.38. The van der Waals surface area contributed by atoms with E-state index in [4.69, 9.17) is 0 Å². The molecule has 0 unspecified atom stereocenters. The summed E-state index contributed by atoms with van der Waals surface area (Å²) in [7, 11) is 0. The van der Waals surface area contributed by atoms with Gasteiger partial charge in [0.2, 0.25) is 0 Å². The number of carbonyl (C=O) groups is 1. The second-order valence-corrected chi connectivity index (χ2v) is 7.94. The van der Waals surface area contributed by atoms with Crippen molar-refractivity contribution in [1.82, 2.24) is 14.9 Å². The third-order valence-electron chi connectivity index (χ3n) is 4.37. The third kappa shape index (κ3) is 2.37. The molecule has 0 saturated heterocycles. The topological polar surface area (TPSA) is 46.1 Å². The van der Waals surface area contributed by atoms with Crippen molar-refractivity contribution in [2.45, 2.75) is 33.7 Å². The molecule has 0 bridgehead atoms. The molecule has 3 aromatic heterocycles. The van der Waals surface area contributed by atoms with E-state index in [2.05, 4.69) is 21.4 Å². The fraction of sp³-hybridized carbons (Fsp3) is 0.353. The number of amides is 1. The van der Waals surface area contributed by atoms with E-state index in [0.717, 1.165) is 51.7 Å². The summed E-state index contributed by atoms with van der Waals surface area (Å²) in [6, 6.07) is 2.14. The maximum Gasteiger partial charge on any atom is 0.264 e. The van der Waals surface area contributed by atoms with E-state index in [1.165, 1.54) is 21.8 Å². The van der Waals surface area contributed by atoms with Gasteiger partial charge in [-0.05, 0) is 49.8 Å². The first-order chi connectivity index (χ1) is 11.0. The van der Waals surface area contributed by atoms with Crippen molar-refractivity contribution in [3.05, 3.63) is 43.8 Å². The van der Waals surface area contributed by atoms with Gasteiger partial charge in [0.05, 0.1) is 4.88 Å². The number of hydrogen-bond acceptors (Lipinski definition) is 5. The second-order valence-electron chi connectivity index (χ2n) is 5.94. The van der Waals surface area contributed by atoms with Gasteiger partial charge in [0.15, 0.2) is 0 Å². The SMILES string of the molecule is Cc1nc(C)c2c(C)c(C(=O)N3CCc4sccc4C3)sc2n1. The van der Waals surface area contributed by atoms with Gasteiger partial charge in [0, 0.05) is 29.0 Å². The molecule has 4 nitrogen and oxygen atoms in total. The number of nitrogens with zero attached hydrogens (tertiary/aromatic N) is 3. The molecule has 0 spiro atoms. The van der Waals surface area contributed by atoms with Crippen LogP contribution < -0.4 is 0 Å². The first-order valence-corrected chi connectivity index (χ1v) is 9.33. The van der Waals surface area contributed by atoms with Crippen LogP contribution in [0, 0.1) is 20.8 Å². The molecule has 118 valence electrons. The number of hydrogen-bond donors (Lipinski definition) is 0.